The average molecular weight is 422 g/mol. The van der Waals surface area contributed by atoms with Gasteiger partial charge in [-0.25, -0.2) is 19.2 Å². The predicted octanol–water partition coefficient (Wildman–Crippen LogP) is 2.51. The van der Waals surface area contributed by atoms with Crippen LogP contribution in [0.15, 0.2) is 54.9 Å². The molecule has 10 heteroatoms. The fourth-order valence-electron chi connectivity index (χ4n) is 3.70. The summed E-state index contributed by atoms with van der Waals surface area (Å²) >= 11 is 0. The number of nitrogens with one attached hydrogen (secondary N) is 2. The van der Waals surface area contributed by atoms with Gasteiger partial charge in [0.25, 0.3) is 0 Å². The fraction of sp³-hybridized carbons (Fsp3) is 0.143. The molecule has 1 aromatic carbocycles. The SMILES string of the molecule is CNc1cc(C(C(N)=O)N2c3c(C(=O)O)ccnc3NC2c2ccc(F)cc2)ccn1. The van der Waals surface area contributed by atoms with Crippen LogP contribution in [0, 0.1) is 5.82 Å². The largest absolute Gasteiger partial charge is 0.478 e. The van der Waals surface area contributed by atoms with E-state index in [1.807, 2.05) is 0 Å². The van der Waals surface area contributed by atoms with E-state index in [0.717, 1.165) is 0 Å². The minimum Gasteiger partial charge on any atom is -0.478 e. The number of carbonyl (C=O) groups excluding carboxylic acids is 1. The maximum Gasteiger partial charge on any atom is 0.338 e. The van der Waals surface area contributed by atoms with E-state index in [1.165, 1.54) is 30.6 Å². The number of aromatic nitrogens is 2. The van der Waals surface area contributed by atoms with Crippen molar-refractivity contribution in [1.29, 1.82) is 0 Å². The molecule has 1 amide bonds. The van der Waals surface area contributed by atoms with E-state index in [0.29, 0.717) is 16.9 Å². The van der Waals surface area contributed by atoms with Crippen molar-refractivity contribution >= 4 is 29.2 Å². The first-order chi connectivity index (χ1) is 14.9. The summed E-state index contributed by atoms with van der Waals surface area (Å²) in [6, 6.07) is 9.27. The quantitative estimate of drug-likeness (QED) is 0.476. The molecule has 2 unspecified atom stereocenters. The van der Waals surface area contributed by atoms with Crippen LogP contribution in [-0.4, -0.2) is 34.0 Å². The van der Waals surface area contributed by atoms with E-state index in [1.54, 1.807) is 36.2 Å². The molecule has 0 spiro atoms. The minimum atomic E-state index is -1.18. The molecular formula is C21H19FN6O3. The summed E-state index contributed by atoms with van der Waals surface area (Å²) in [5.74, 6) is -1.51. The summed E-state index contributed by atoms with van der Waals surface area (Å²) in [6.45, 7) is 0. The van der Waals surface area contributed by atoms with Crippen molar-refractivity contribution < 1.29 is 19.1 Å². The van der Waals surface area contributed by atoms with Gasteiger partial charge in [-0.3, -0.25) is 4.79 Å². The number of pyridine rings is 2. The summed E-state index contributed by atoms with van der Waals surface area (Å²) in [6.07, 6.45) is 2.17. The number of benzene rings is 1. The predicted molar refractivity (Wildman–Crippen MR) is 112 cm³/mol. The molecule has 0 fully saturated rings. The number of anilines is 3. The van der Waals surface area contributed by atoms with Crippen molar-refractivity contribution in [2.45, 2.75) is 12.2 Å². The molecule has 2 atom stereocenters. The van der Waals surface area contributed by atoms with Crippen LogP contribution in [0.2, 0.25) is 0 Å². The van der Waals surface area contributed by atoms with Gasteiger partial charge in [-0.1, -0.05) is 12.1 Å². The topological polar surface area (TPSA) is 133 Å². The number of carboxylic acids is 1. The van der Waals surface area contributed by atoms with Gasteiger partial charge in [0.1, 0.15) is 23.8 Å². The smallest absolute Gasteiger partial charge is 0.338 e. The van der Waals surface area contributed by atoms with E-state index in [-0.39, 0.29) is 17.1 Å². The number of nitrogens with two attached hydrogens (primary N) is 1. The number of fused-ring (bicyclic) bond motifs is 1. The van der Waals surface area contributed by atoms with E-state index in [9.17, 15) is 19.1 Å². The molecule has 0 bridgehead atoms. The highest BCUT2D eigenvalue weighted by Gasteiger charge is 2.41. The highest BCUT2D eigenvalue weighted by molar-refractivity contribution is 6.01. The molecule has 1 aliphatic heterocycles. The first kappa shape index (κ1) is 20.1. The summed E-state index contributed by atoms with van der Waals surface area (Å²) in [5.41, 5.74) is 7.09. The second kappa shape index (κ2) is 7.90. The number of halogens is 1. The zero-order chi connectivity index (χ0) is 22.1. The van der Waals surface area contributed by atoms with Gasteiger partial charge in [-0.15, -0.1) is 0 Å². The molecule has 158 valence electrons. The summed E-state index contributed by atoms with van der Waals surface area (Å²) < 4.78 is 13.5. The van der Waals surface area contributed by atoms with Gasteiger partial charge in [0.15, 0.2) is 5.82 Å². The third kappa shape index (κ3) is 3.59. The number of carboxylic acid groups (broad SMARTS) is 1. The Hall–Kier alpha value is -4.21. The van der Waals surface area contributed by atoms with Gasteiger partial charge in [0.05, 0.1) is 11.3 Å². The van der Waals surface area contributed by atoms with Gasteiger partial charge in [-0.2, -0.15) is 0 Å². The second-order valence-electron chi connectivity index (χ2n) is 6.90. The number of primary amides is 1. The third-order valence-electron chi connectivity index (χ3n) is 5.05. The van der Waals surface area contributed by atoms with Crippen LogP contribution in [0.1, 0.15) is 33.7 Å². The Morgan fingerprint density at radius 1 is 1.19 bits per heavy atom. The number of hydrogen-bond donors (Lipinski definition) is 4. The molecular weight excluding hydrogens is 403 g/mol. The highest BCUT2D eigenvalue weighted by Crippen LogP contribution is 2.47. The van der Waals surface area contributed by atoms with E-state index in [4.69, 9.17) is 5.73 Å². The Morgan fingerprint density at radius 2 is 1.90 bits per heavy atom. The lowest BCUT2D eigenvalue weighted by atomic mass is 10.0. The molecule has 0 radical (unpaired) electrons. The van der Waals surface area contributed by atoms with Crippen molar-refractivity contribution in [3.8, 4) is 0 Å². The van der Waals surface area contributed by atoms with Crippen molar-refractivity contribution in [3.63, 3.8) is 0 Å². The molecule has 1 aliphatic rings. The lowest BCUT2D eigenvalue weighted by Gasteiger charge is -2.34. The van der Waals surface area contributed by atoms with Crippen molar-refractivity contribution in [2.75, 3.05) is 22.6 Å². The first-order valence-corrected chi connectivity index (χ1v) is 9.36. The van der Waals surface area contributed by atoms with Crippen LogP contribution < -0.4 is 21.3 Å². The van der Waals surface area contributed by atoms with Gasteiger partial charge in [-0.05, 0) is 41.5 Å². The van der Waals surface area contributed by atoms with Crippen LogP contribution in [0.25, 0.3) is 0 Å². The van der Waals surface area contributed by atoms with Crippen LogP contribution in [-0.2, 0) is 4.79 Å². The van der Waals surface area contributed by atoms with E-state index < -0.39 is 29.9 Å². The van der Waals surface area contributed by atoms with Gasteiger partial charge >= 0.3 is 5.97 Å². The Morgan fingerprint density at radius 3 is 2.55 bits per heavy atom. The molecule has 2 aromatic heterocycles. The van der Waals surface area contributed by atoms with E-state index in [2.05, 4.69) is 20.6 Å². The zero-order valence-corrected chi connectivity index (χ0v) is 16.4. The Kier molecular flexibility index (Phi) is 5.12. The molecule has 4 rings (SSSR count). The van der Waals surface area contributed by atoms with Crippen molar-refractivity contribution in [2.24, 2.45) is 5.73 Å². The Labute approximate surface area is 176 Å². The van der Waals surface area contributed by atoms with Crippen molar-refractivity contribution in [3.05, 3.63) is 77.4 Å². The van der Waals surface area contributed by atoms with Crippen LogP contribution in [0.4, 0.5) is 21.7 Å². The summed E-state index contributed by atoms with van der Waals surface area (Å²) in [5, 5.41) is 15.8. The molecule has 5 N–H and O–H groups in total. The number of hydrogen-bond acceptors (Lipinski definition) is 7. The van der Waals surface area contributed by atoms with Crippen LogP contribution in [0.5, 0.6) is 0 Å². The normalized spacial score (nSPS) is 15.7. The fourth-order valence-corrected chi connectivity index (χ4v) is 3.70. The second-order valence-corrected chi connectivity index (χ2v) is 6.90. The standard InChI is InChI=1S/C21H19FN6O3/c1-24-15-10-12(6-8-25-15)16(18(23)29)28-17-14(21(30)31)7-9-26-19(17)27-20(28)11-2-4-13(22)5-3-11/h2-10,16,20H,1H3,(H2,23,29)(H,24,25)(H,26,27)(H,30,31). The molecule has 0 saturated carbocycles. The molecule has 3 aromatic rings. The summed E-state index contributed by atoms with van der Waals surface area (Å²) in [7, 11) is 1.69. The van der Waals surface area contributed by atoms with Gasteiger partial charge in [0, 0.05) is 19.4 Å². The lowest BCUT2D eigenvalue weighted by Crippen LogP contribution is -2.40. The van der Waals surface area contributed by atoms with Crippen LogP contribution in [0.3, 0.4) is 0 Å². The minimum absolute atomic E-state index is 0.0451. The van der Waals surface area contributed by atoms with Gasteiger partial charge < -0.3 is 26.4 Å². The molecule has 0 saturated heterocycles. The third-order valence-corrected chi connectivity index (χ3v) is 5.05. The lowest BCUT2D eigenvalue weighted by molar-refractivity contribution is -0.119. The maximum absolute atomic E-state index is 13.5. The number of aromatic carboxylic acids is 1. The number of nitrogens with zero attached hydrogens (tertiary/aromatic N) is 3. The maximum atomic E-state index is 13.5. The Balaban J connectivity index is 1.93. The molecule has 0 aliphatic carbocycles. The number of carbonyl (C=O) groups is 2. The first-order valence-electron chi connectivity index (χ1n) is 9.36. The molecule has 9 nitrogen and oxygen atoms in total. The molecule has 31 heavy (non-hydrogen) atoms. The zero-order valence-electron chi connectivity index (χ0n) is 16.4. The number of rotatable bonds is 6. The van der Waals surface area contributed by atoms with Crippen molar-refractivity contribution in [1.82, 2.24) is 9.97 Å². The van der Waals surface area contributed by atoms with Gasteiger partial charge in [0.2, 0.25) is 5.91 Å². The highest BCUT2D eigenvalue weighted by atomic mass is 19.1. The van der Waals surface area contributed by atoms with E-state index >= 15 is 0 Å². The monoisotopic (exact) mass is 422 g/mol. The average Bonchev–Trinajstić information content (AvgIpc) is 3.13. The van der Waals surface area contributed by atoms with Crippen LogP contribution >= 0.6 is 0 Å². The summed E-state index contributed by atoms with van der Waals surface area (Å²) in [4.78, 5) is 34.6. The Bertz CT molecular complexity index is 1150. The number of amides is 1. The molecule has 3 heterocycles.